The maximum absolute atomic E-state index is 11.8. The quantitative estimate of drug-likeness (QED) is 0.739. The van der Waals surface area contributed by atoms with E-state index in [9.17, 15) is 9.59 Å². The third-order valence-electron chi connectivity index (χ3n) is 2.94. The van der Waals surface area contributed by atoms with Crippen LogP contribution in [0.4, 0.5) is 0 Å². The Morgan fingerprint density at radius 1 is 1.62 bits per heavy atom. The van der Waals surface area contributed by atoms with Gasteiger partial charge in [0.15, 0.2) is 0 Å². The summed E-state index contributed by atoms with van der Waals surface area (Å²) in [6, 6.07) is 0. The van der Waals surface area contributed by atoms with Crippen molar-refractivity contribution in [1.29, 1.82) is 0 Å². The van der Waals surface area contributed by atoms with Gasteiger partial charge in [-0.15, -0.1) is 11.3 Å². The second-order valence-electron chi connectivity index (χ2n) is 4.39. The van der Waals surface area contributed by atoms with E-state index in [1.807, 2.05) is 19.2 Å². The molecule has 1 unspecified atom stereocenters. The Bertz CT molecular complexity index is 501. The lowest BCUT2D eigenvalue weighted by atomic mass is 10.4. The van der Waals surface area contributed by atoms with Gasteiger partial charge in [-0.2, -0.15) is 0 Å². The molecule has 2 amide bonds. The smallest absolute Gasteiger partial charge is 0.246 e. The molecule has 1 N–H and O–H groups in total. The highest BCUT2D eigenvalue weighted by Crippen LogP contribution is 2.20. The van der Waals surface area contributed by atoms with Gasteiger partial charge in [-0.3, -0.25) is 9.59 Å². The zero-order chi connectivity index (χ0) is 15.8. The third-order valence-corrected chi connectivity index (χ3v) is 3.99. The van der Waals surface area contributed by atoms with Gasteiger partial charge in [-0.25, -0.2) is 4.98 Å². The highest BCUT2D eigenvalue weighted by molar-refractivity contribution is 7.09. The van der Waals surface area contributed by atoms with E-state index in [4.69, 9.17) is 4.74 Å². The Balaban J connectivity index is 2.47. The van der Waals surface area contributed by atoms with Gasteiger partial charge >= 0.3 is 0 Å². The van der Waals surface area contributed by atoms with Crippen molar-refractivity contribution in [2.45, 2.75) is 26.5 Å². The van der Waals surface area contributed by atoms with Gasteiger partial charge in [0, 0.05) is 19.0 Å². The Morgan fingerprint density at radius 3 is 2.90 bits per heavy atom. The van der Waals surface area contributed by atoms with Crippen LogP contribution in [0.5, 0.6) is 0 Å². The third kappa shape index (κ3) is 5.28. The summed E-state index contributed by atoms with van der Waals surface area (Å²) in [5.41, 5.74) is 0.783. The van der Waals surface area contributed by atoms with Crippen LogP contribution >= 0.6 is 11.3 Å². The molecule has 1 aromatic rings. The van der Waals surface area contributed by atoms with Crippen LogP contribution in [0.25, 0.3) is 0 Å². The first-order valence-corrected chi connectivity index (χ1v) is 7.54. The van der Waals surface area contributed by atoms with E-state index in [1.54, 1.807) is 7.11 Å². The van der Waals surface area contributed by atoms with Crippen molar-refractivity contribution in [3.8, 4) is 0 Å². The monoisotopic (exact) mass is 311 g/mol. The molecule has 21 heavy (non-hydrogen) atoms. The number of nitrogens with zero attached hydrogens (tertiary/aromatic N) is 2. The fraction of sp³-hybridized carbons (Fsp3) is 0.500. The van der Waals surface area contributed by atoms with Gasteiger partial charge in [0.2, 0.25) is 11.8 Å². The van der Waals surface area contributed by atoms with Gasteiger partial charge in [0.05, 0.1) is 18.8 Å². The molecule has 0 saturated heterocycles. The first kappa shape index (κ1) is 17.3. The number of hydrogen-bond donors (Lipinski definition) is 1. The standard InChI is InChI=1S/C14H21N3O3S/c1-5-13(19)17(6-2)8-12(18)15-7-11-9-21-14(16-11)10(3)20-4/h5,9-10H,1,6-8H2,2-4H3,(H,15,18). The highest BCUT2D eigenvalue weighted by atomic mass is 32.1. The molecule has 0 saturated carbocycles. The summed E-state index contributed by atoms with van der Waals surface area (Å²) in [6.07, 6.45) is 1.15. The van der Waals surface area contributed by atoms with Gasteiger partial charge in [0.25, 0.3) is 0 Å². The molecule has 0 aliphatic carbocycles. The second kappa shape index (κ2) is 8.53. The molecule has 0 fully saturated rings. The van der Waals surface area contributed by atoms with E-state index in [-0.39, 0.29) is 24.5 Å². The number of carbonyl (C=O) groups is 2. The van der Waals surface area contributed by atoms with Gasteiger partial charge in [0.1, 0.15) is 11.1 Å². The molecule has 1 aromatic heterocycles. The topological polar surface area (TPSA) is 71.5 Å². The number of carbonyl (C=O) groups excluding carboxylic acids is 2. The first-order valence-electron chi connectivity index (χ1n) is 6.66. The number of methoxy groups -OCH3 is 1. The van der Waals surface area contributed by atoms with Crippen LogP contribution in [-0.2, 0) is 20.9 Å². The van der Waals surface area contributed by atoms with Crippen molar-refractivity contribution < 1.29 is 14.3 Å². The molecular formula is C14H21N3O3S. The van der Waals surface area contributed by atoms with Crippen LogP contribution in [0, 0.1) is 0 Å². The molecule has 0 bridgehead atoms. The number of ether oxygens (including phenoxy) is 1. The first-order chi connectivity index (χ1) is 10.0. The van der Waals surface area contributed by atoms with Crippen molar-refractivity contribution in [3.63, 3.8) is 0 Å². The lowest BCUT2D eigenvalue weighted by Crippen LogP contribution is -2.39. The molecule has 116 valence electrons. The minimum Gasteiger partial charge on any atom is -0.375 e. The maximum atomic E-state index is 11.8. The Hall–Kier alpha value is -1.73. The van der Waals surface area contributed by atoms with E-state index < -0.39 is 0 Å². The molecule has 1 atom stereocenters. The zero-order valence-corrected chi connectivity index (χ0v) is 13.4. The van der Waals surface area contributed by atoms with Crippen LogP contribution in [0.2, 0.25) is 0 Å². The Morgan fingerprint density at radius 2 is 2.33 bits per heavy atom. The van der Waals surface area contributed by atoms with Crippen molar-refractivity contribution in [3.05, 3.63) is 28.7 Å². The van der Waals surface area contributed by atoms with Crippen LogP contribution in [-0.4, -0.2) is 41.9 Å². The normalized spacial score (nSPS) is 11.8. The number of hydrogen-bond acceptors (Lipinski definition) is 5. The largest absolute Gasteiger partial charge is 0.375 e. The zero-order valence-electron chi connectivity index (χ0n) is 12.6. The minimum atomic E-state index is -0.252. The molecule has 1 rings (SSSR count). The maximum Gasteiger partial charge on any atom is 0.246 e. The summed E-state index contributed by atoms with van der Waals surface area (Å²) in [4.78, 5) is 29.1. The van der Waals surface area contributed by atoms with Crippen molar-refractivity contribution in [2.24, 2.45) is 0 Å². The molecule has 0 aliphatic rings. The van der Waals surface area contributed by atoms with Crippen LogP contribution in [0.15, 0.2) is 18.0 Å². The van der Waals surface area contributed by atoms with Crippen molar-refractivity contribution in [2.75, 3.05) is 20.2 Å². The average molecular weight is 311 g/mol. The number of likely N-dealkylation sites (N-methyl/N-ethyl adjacent to an activating group) is 1. The summed E-state index contributed by atoms with van der Waals surface area (Å²) in [7, 11) is 1.63. The van der Waals surface area contributed by atoms with E-state index in [2.05, 4.69) is 16.9 Å². The lowest BCUT2D eigenvalue weighted by molar-refractivity contribution is -0.132. The predicted molar refractivity (Wildman–Crippen MR) is 81.8 cm³/mol. The fourth-order valence-corrected chi connectivity index (χ4v) is 2.44. The van der Waals surface area contributed by atoms with Crippen molar-refractivity contribution in [1.82, 2.24) is 15.2 Å². The summed E-state index contributed by atoms with van der Waals surface area (Å²) in [5, 5.41) is 5.51. The summed E-state index contributed by atoms with van der Waals surface area (Å²) in [6.45, 7) is 7.97. The molecular weight excluding hydrogens is 290 g/mol. The van der Waals surface area contributed by atoms with Crippen LogP contribution in [0.1, 0.15) is 30.7 Å². The van der Waals surface area contributed by atoms with Crippen molar-refractivity contribution >= 4 is 23.2 Å². The Labute approximate surface area is 128 Å². The van der Waals surface area contributed by atoms with E-state index in [0.717, 1.165) is 10.7 Å². The lowest BCUT2D eigenvalue weighted by Gasteiger charge is -2.18. The van der Waals surface area contributed by atoms with Gasteiger partial charge in [-0.05, 0) is 19.9 Å². The van der Waals surface area contributed by atoms with E-state index in [0.29, 0.717) is 13.1 Å². The van der Waals surface area contributed by atoms with Gasteiger partial charge in [-0.1, -0.05) is 6.58 Å². The molecule has 0 spiro atoms. The van der Waals surface area contributed by atoms with E-state index >= 15 is 0 Å². The summed E-state index contributed by atoms with van der Waals surface area (Å²) in [5.74, 6) is -0.473. The SMILES string of the molecule is C=CC(=O)N(CC)CC(=O)NCc1csc(C(C)OC)n1. The molecule has 6 nitrogen and oxygen atoms in total. The Kier molecular flexibility index (Phi) is 7.04. The summed E-state index contributed by atoms with van der Waals surface area (Å²) < 4.78 is 5.19. The molecule has 0 aromatic carbocycles. The van der Waals surface area contributed by atoms with E-state index in [1.165, 1.54) is 22.3 Å². The molecule has 0 radical (unpaired) electrons. The molecule has 0 aliphatic heterocycles. The predicted octanol–water partition coefficient (Wildman–Crippen LogP) is 1.50. The minimum absolute atomic E-state index is 0.0207. The summed E-state index contributed by atoms with van der Waals surface area (Å²) >= 11 is 1.50. The average Bonchev–Trinajstić information content (AvgIpc) is 2.97. The number of thiazole rings is 1. The van der Waals surface area contributed by atoms with Gasteiger partial charge < -0.3 is 15.0 Å². The van der Waals surface area contributed by atoms with Crippen LogP contribution in [0.3, 0.4) is 0 Å². The molecule has 1 heterocycles. The fourth-order valence-electron chi connectivity index (χ4n) is 1.58. The number of aromatic nitrogens is 1. The highest BCUT2D eigenvalue weighted by Gasteiger charge is 2.13. The van der Waals surface area contributed by atoms with Crippen LogP contribution < -0.4 is 5.32 Å². The number of amides is 2. The number of nitrogens with one attached hydrogen (secondary N) is 1. The second-order valence-corrected chi connectivity index (χ2v) is 5.28. The molecule has 7 heteroatoms. The number of rotatable bonds is 8.